The van der Waals surface area contributed by atoms with E-state index in [4.69, 9.17) is 11.6 Å². The van der Waals surface area contributed by atoms with Crippen molar-refractivity contribution in [2.75, 3.05) is 26.0 Å². The summed E-state index contributed by atoms with van der Waals surface area (Å²) in [6, 6.07) is 0. The summed E-state index contributed by atoms with van der Waals surface area (Å²) >= 11 is 5.95. The molecule has 0 radical (unpaired) electrons. The third kappa shape index (κ3) is 2.33. The number of hydrogen-bond acceptors (Lipinski definition) is 5. The fourth-order valence-electron chi connectivity index (χ4n) is 3.00. The molecule has 2 aromatic heterocycles. The molecule has 0 spiro atoms. The molecule has 0 amide bonds. The predicted molar refractivity (Wildman–Crippen MR) is 80.1 cm³/mol. The number of nitrogens with zero attached hydrogens (tertiary/aromatic N) is 4. The van der Waals surface area contributed by atoms with Crippen LogP contribution in [0.2, 0.25) is 5.28 Å². The van der Waals surface area contributed by atoms with Gasteiger partial charge in [-0.15, -0.1) is 0 Å². The van der Waals surface area contributed by atoms with E-state index >= 15 is 0 Å². The molecule has 0 bridgehead atoms. The van der Waals surface area contributed by atoms with E-state index in [1.54, 1.807) is 6.33 Å². The van der Waals surface area contributed by atoms with Gasteiger partial charge < -0.3 is 15.2 Å². The van der Waals surface area contributed by atoms with E-state index in [0.717, 1.165) is 17.9 Å². The highest BCUT2D eigenvalue weighted by Gasteiger charge is 2.35. The molecular weight excluding hydrogens is 276 g/mol. The maximum Gasteiger partial charge on any atom is 0.226 e. The molecule has 2 heterocycles. The van der Waals surface area contributed by atoms with E-state index in [2.05, 4.69) is 44.2 Å². The second-order valence-corrected chi connectivity index (χ2v) is 5.96. The average Bonchev–Trinajstić information content (AvgIpc) is 3.04. The van der Waals surface area contributed by atoms with E-state index in [-0.39, 0.29) is 10.8 Å². The third-order valence-corrected chi connectivity index (χ3v) is 4.50. The van der Waals surface area contributed by atoms with Gasteiger partial charge in [0.1, 0.15) is 5.52 Å². The molecule has 6 nitrogen and oxygen atoms in total. The number of hydrogen-bond donors (Lipinski definition) is 2. The second-order valence-electron chi connectivity index (χ2n) is 5.62. The van der Waals surface area contributed by atoms with Crippen molar-refractivity contribution in [1.82, 2.24) is 24.8 Å². The Bertz CT molecular complexity index is 602. The van der Waals surface area contributed by atoms with Crippen molar-refractivity contribution >= 4 is 28.6 Å². The Labute approximate surface area is 123 Å². The molecule has 20 heavy (non-hydrogen) atoms. The first-order valence-corrected chi connectivity index (χ1v) is 7.26. The van der Waals surface area contributed by atoms with E-state index in [9.17, 15) is 0 Å². The normalized spacial score (nSPS) is 18.0. The van der Waals surface area contributed by atoms with Gasteiger partial charge in [-0.1, -0.05) is 12.8 Å². The maximum absolute atomic E-state index is 5.95. The quantitative estimate of drug-likeness (QED) is 0.847. The fourth-order valence-corrected chi connectivity index (χ4v) is 3.16. The van der Waals surface area contributed by atoms with Crippen LogP contribution in [0.5, 0.6) is 0 Å². The molecule has 1 fully saturated rings. The van der Waals surface area contributed by atoms with E-state index in [1.807, 2.05) is 0 Å². The van der Waals surface area contributed by atoms with Crippen LogP contribution in [0, 0.1) is 0 Å². The van der Waals surface area contributed by atoms with Gasteiger partial charge in [0.2, 0.25) is 5.28 Å². The van der Waals surface area contributed by atoms with Gasteiger partial charge in [0, 0.05) is 12.1 Å². The number of halogens is 1. The first kappa shape index (κ1) is 13.6. The van der Waals surface area contributed by atoms with Crippen LogP contribution < -0.4 is 5.32 Å². The molecular formula is C13H19ClN6. The number of aromatic nitrogens is 4. The lowest BCUT2D eigenvalue weighted by atomic mass is 9.96. The first-order valence-electron chi connectivity index (χ1n) is 6.89. The highest BCUT2D eigenvalue weighted by Crippen LogP contribution is 2.34. The highest BCUT2D eigenvalue weighted by atomic mass is 35.5. The molecule has 0 aromatic carbocycles. The van der Waals surface area contributed by atoms with Crippen molar-refractivity contribution in [3.05, 3.63) is 11.6 Å². The molecule has 3 rings (SSSR count). The molecule has 1 aliphatic rings. The summed E-state index contributed by atoms with van der Waals surface area (Å²) in [6.45, 7) is 0.849. The number of aromatic amines is 1. The van der Waals surface area contributed by atoms with Gasteiger partial charge in [0.15, 0.2) is 11.5 Å². The lowest BCUT2D eigenvalue weighted by Gasteiger charge is -2.36. The van der Waals surface area contributed by atoms with Crippen LogP contribution in [0.15, 0.2) is 6.33 Å². The fraction of sp³-hybridized carbons (Fsp3) is 0.615. The van der Waals surface area contributed by atoms with Gasteiger partial charge in [-0.25, -0.2) is 4.98 Å². The van der Waals surface area contributed by atoms with Crippen molar-refractivity contribution in [1.29, 1.82) is 0 Å². The topological polar surface area (TPSA) is 69.7 Å². The molecule has 108 valence electrons. The third-order valence-electron chi connectivity index (χ3n) is 4.33. The smallest absolute Gasteiger partial charge is 0.226 e. The average molecular weight is 295 g/mol. The lowest BCUT2D eigenvalue weighted by molar-refractivity contribution is 0.172. The Hall–Kier alpha value is -1.40. The van der Waals surface area contributed by atoms with Gasteiger partial charge >= 0.3 is 0 Å². The Morgan fingerprint density at radius 2 is 2.10 bits per heavy atom. The van der Waals surface area contributed by atoms with Crippen LogP contribution in [0.25, 0.3) is 11.2 Å². The molecule has 1 saturated carbocycles. The Morgan fingerprint density at radius 3 is 2.80 bits per heavy atom. The molecule has 1 aliphatic carbocycles. The zero-order valence-electron chi connectivity index (χ0n) is 11.8. The summed E-state index contributed by atoms with van der Waals surface area (Å²) in [6.07, 6.45) is 6.59. The second kappa shape index (κ2) is 5.18. The summed E-state index contributed by atoms with van der Waals surface area (Å²) in [5, 5.41) is 3.65. The van der Waals surface area contributed by atoms with E-state index < -0.39 is 0 Å². The Morgan fingerprint density at radius 1 is 1.35 bits per heavy atom. The van der Waals surface area contributed by atoms with Crippen LogP contribution in [0.4, 0.5) is 5.82 Å². The van der Waals surface area contributed by atoms with Gasteiger partial charge in [0.25, 0.3) is 0 Å². The number of H-pyrrole nitrogens is 1. The molecule has 2 aromatic rings. The van der Waals surface area contributed by atoms with Crippen LogP contribution in [0.1, 0.15) is 25.7 Å². The minimum Gasteiger partial charge on any atom is -0.366 e. The first-order chi connectivity index (χ1) is 9.61. The van der Waals surface area contributed by atoms with E-state index in [0.29, 0.717) is 5.65 Å². The Kier molecular flexibility index (Phi) is 3.52. The number of imidazole rings is 1. The molecule has 2 N–H and O–H groups in total. The number of rotatable bonds is 4. The van der Waals surface area contributed by atoms with Crippen molar-refractivity contribution in [2.45, 2.75) is 31.2 Å². The molecule has 7 heteroatoms. The van der Waals surface area contributed by atoms with Crippen LogP contribution in [-0.2, 0) is 0 Å². The number of likely N-dealkylation sites (N-methyl/N-ethyl adjacent to an activating group) is 1. The van der Waals surface area contributed by atoms with Crippen LogP contribution in [0.3, 0.4) is 0 Å². The molecule has 0 unspecified atom stereocenters. The van der Waals surface area contributed by atoms with E-state index in [1.165, 1.54) is 25.7 Å². The van der Waals surface area contributed by atoms with Crippen molar-refractivity contribution in [3.8, 4) is 0 Å². The highest BCUT2D eigenvalue weighted by molar-refractivity contribution is 6.28. The van der Waals surface area contributed by atoms with Gasteiger partial charge in [0.05, 0.1) is 6.33 Å². The van der Waals surface area contributed by atoms with Crippen LogP contribution in [-0.4, -0.2) is 51.0 Å². The lowest BCUT2D eigenvalue weighted by Crippen LogP contribution is -2.47. The summed E-state index contributed by atoms with van der Waals surface area (Å²) in [5.74, 6) is 0.727. The zero-order valence-corrected chi connectivity index (χ0v) is 12.5. The summed E-state index contributed by atoms with van der Waals surface area (Å²) in [4.78, 5) is 17.9. The van der Waals surface area contributed by atoms with Crippen molar-refractivity contribution in [3.63, 3.8) is 0 Å². The summed E-state index contributed by atoms with van der Waals surface area (Å²) < 4.78 is 0. The minimum absolute atomic E-state index is 0.198. The number of nitrogens with one attached hydrogen (secondary N) is 2. The van der Waals surface area contributed by atoms with Gasteiger partial charge in [-0.3, -0.25) is 0 Å². The number of fused-ring (bicyclic) bond motifs is 1. The Balaban J connectivity index is 1.84. The van der Waals surface area contributed by atoms with Gasteiger partial charge in [-0.2, -0.15) is 9.97 Å². The maximum atomic E-state index is 5.95. The largest absolute Gasteiger partial charge is 0.366 e. The van der Waals surface area contributed by atoms with Crippen molar-refractivity contribution < 1.29 is 0 Å². The minimum atomic E-state index is 0.198. The number of anilines is 1. The predicted octanol–water partition coefficient (Wildman–Crippen LogP) is 2.29. The molecule has 0 saturated heterocycles. The molecule has 0 atom stereocenters. The summed E-state index contributed by atoms with van der Waals surface area (Å²) in [7, 11) is 4.29. The van der Waals surface area contributed by atoms with Crippen LogP contribution >= 0.6 is 11.6 Å². The monoisotopic (exact) mass is 294 g/mol. The SMILES string of the molecule is CN(C)C1(CNc2nc(Cl)nc3nc[nH]c23)CCCC1. The van der Waals surface area contributed by atoms with Crippen molar-refractivity contribution in [2.24, 2.45) is 0 Å². The summed E-state index contributed by atoms with van der Waals surface area (Å²) in [5.41, 5.74) is 1.60. The standard InChI is InChI=1S/C13H19ClN6/c1-20(2)13(5-3-4-6-13)7-15-10-9-11(17-8-16-9)19-12(14)18-10/h8H,3-7H2,1-2H3,(H2,15,16,17,18,19). The zero-order chi connectivity index (χ0) is 14.2. The molecule has 0 aliphatic heterocycles. The van der Waals surface area contributed by atoms with Gasteiger partial charge in [-0.05, 0) is 38.5 Å².